The van der Waals surface area contributed by atoms with Crippen LogP contribution in [0.25, 0.3) is 0 Å². The SMILES string of the molecule is C[C@@H]1CCCCN1CCOc1ccc(NC(=O)C2(c3ccccc3Cl)CCOCC2)cc1. The predicted octanol–water partition coefficient (Wildman–Crippen LogP) is 5.28. The molecule has 5 nitrogen and oxygen atoms in total. The van der Waals surface area contributed by atoms with E-state index in [0.717, 1.165) is 30.1 Å². The van der Waals surface area contributed by atoms with Crippen molar-refractivity contribution < 1.29 is 14.3 Å². The number of rotatable bonds is 7. The summed E-state index contributed by atoms with van der Waals surface area (Å²) >= 11 is 6.49. The summed E-state index contributed by atoms with van der Waals surface area (Å²) in [7, 11) is 0. The fourth-order valence-electron chi connectivity index (χ4n) is 4.84. The molecule has 2 aromatic carbocycles. The minimum Gasteiger partial charge on any atom is -0.492 e. The number of likely N-dealkylation sites (tertiary alicyclic amines) is 1. The maximum Gasteiger partial charge on any atom is 0.235 e. The molecule has 2 saturated heterocycles. The highest BCUT2D eigenvalue weighted by Crippen LogP contribution is 2.39. The van der Waals surface area contributed by atoms with Crippen molar-refractivity contribution in [2.45, 2.75) is 50.5 Å². The average Bonchev–Trinajstić information content (AvgIpc) is 2.82. The Morgan fingerprint density at radius 1 is 1.16 bits per heavy atom. The molecule has 1 atom stereocenters. The summed E-state index contributed by atoms with van der Waals surface area (Å²) in [6.45, 7) is 6.16. The number of halogens is 1. The first-order valence-electron chi connectivity index (χ1n) is 11.7. The van der Waals surface area contributed by atoms with Crippen LogP contribution >= 0.6 is 11.6 Å². The second kappa shape index (κ2) is 10.7. The third kappa shape index (κ3) is 5.28. The fraction of sp³-hybridized carbons (Fsp3) is 0.500. The third-order valence-corrected chi connectivity index (χ3v) is 7.20. The van der Waals surface area contributed by atoms with Crippen LogP contribution in [0.2, 0.25) is 5.02 Å². The summed E-state index contributed by atoms with van der Waals surface area (Å²) in [5, 5.41) is 3.72. The van der Waals surface area contributed by atoms with E-state index in [0.29, 0.717) is 43.7 Å². The Morgan fingerprint density at radius 2 is 1.91 bits per heavy atom. The first-order valence-corrected chi connectivity index (χ1v) is 12.1. The topological polar surface area (TPSA) is 50.8 Å². The summed E-state index contributed by atoms with van der Waals surface area (Å²) in [6, 6.07) is 15.9. The van der Waals surface area contributed by atoms with Gasteiger partial charge in [0.1, 0.15) is 12.4 Å². The number of nitrogens with zero attached hydrogens (tertiary/aromatic N) is 1. The van der Waals surface area contributed by atoms with Crippen molar-refractivity contribution in [3.05, 3.63) is 59.1 Å². The Balaban J connectivity index is 1.37. The van der Waals surface area contributed by atoms with Crippen molar-refractivity contribution in [3.8, 4) is 5.75 Å². The molecular weight excluding hydrogens is 424 g/mol. The number of amides is 1. The van der Waals surface area contributed by atoms with Gasteiger partial charge in [-0.2, -0.15) is 0 Å². The van der Waals surface area contributed by atoms with Gasteiger partial charge in [0.15, 0.2) is 0 Å². The molecular formula is C26H33ClN2O3. The number of hydrogen-bond acceptors (Lipinski definition) is 4. The van der Waals surface area contributed by atoms with Crippen LogP contribution in [0.15, 0.2) is 48.5 Å². The first kappa shape index (κ1) is 23.1. The molecule has 2 aromatic rings. The Labute approximate surface area is 196 Å². The number of anilines is 1. The molecule has 0 spiro atoms. The summed E-state index contributed by atoms with van der Waals surface area (Å²) in [4.78, 5) is 15.9. The van der Waals surface area contributed by atoms with E-state index in [1.807, 2.05) is 48.5 Å². The van der Waals surface area contributed by atoms with Crippen LogP contribution in [0, 0.1) is 0 Å². The van der Waals surface area contributed by atoms with Crippen LogP contribution in [-0.2, 0) is 14.9 Å². The van der Waals surface area contributed by atoms with E-state index in [1.54, 1.807) is 0 Å². The number of ether oxygens (including phenoxy) is 2. The maximum absolute atomic E-state index is 13.4. The lowest BCUT2D eigenvalue weighted by Gasteiger charge is -2.36. The van der Waals surface area contributed by atoms with Crippen LogP contribution in [-0.4, -0.2) is 49.8 Å². The van der Waals surface area contributed by atoms with E-state index < -0.39 is 5.41 Å². The second-order valence-electron chi connectivity index (χ2n) is 8.88. The van der Waals surface area contributed by atoms with E-state index >= 15 is 0 Å². The fourth-order valence-corrected chi connectivity index (χ4v) is 5.16. The molecule has 2 heterocycles. The molecule has 0 aliphatic carbocycles. The van der Waals surface area contributed by atoms with Crippen LogP contribution in [0.5, 0.6) is 5.75 Å². The molecule has 2 aliphatic heterocycles. The lowest BCUT2D eigenvalue weighted by atomic mass is 9.73. The van der Waals surface area contributed by atoms with E-state index in [-0.39, 0.29) is 5.91 Å². The number of benzene rings is 2. The molecule has 32 heavy (non-hydrogen) atoms. The number of piperidine rings is 1. The molecule has 1 N–H and O–H groups in total. The van der Waals surface area contributed by atoms with Gasteiger partial charge in [0.05, 0.1) is 5.41 Å². The largest absolute Gasteiger partial charge is 0.492 e. The van der Waals surface area contributed by atoms with Gasteiger partial charge in [-0.3, -0.25) is 9.69 Å². The lowest BCUT2D eigenvalue weighted by Crippen LogP contribution is -2.45. The maximum atomic E-state index is 13.4. The smallest absolute Gasteiger partial charge is 0.235 e. The van der Waals surface area contributed by atoms with E-state index in [2.05, 4.69) is 17.1 Å². The summed E-state index contributed by atoms with van der Waals surface area (Å²) < 4.78 is 11.5. The van der Waals surface area contributed by atoms with Gasteiger partial charge >= 0.3 is 0 Å². The number of nitrogens with one attached hydrogen (secondary N) is 1. The van der Waals surface area contributed by atoms with E-state index in [9.17, 15) is 4.79 Å². The molecule has 2 aliphatic rings. The second-order valence-corrected chi connectivity index (χ2v) is 9.29. The molecule has 0 unspecified atom stereocenters. The van der Waals surface area contributed by atoms with Crippen LogP contribution < -0.4 is 10.1 Å². The molecule has 0 bridgehead atoms. The Bertz CT molecular complexity index is 896. The Kier molecular flexibility index (Phi) is 7.71. The number of hydrogen-bond donors (Lipinski definition) is 1. The van der Waals surface area contributed by atoms with Gasteiger partial charge in [0.25, 0.3) is 0 Å². The third-order valence-electron chi connectivity index (χ3n) is 6.87. The van der Waals surface area contributed by atoms with E-state index in [1.165, 1.54) is 19.3 Å². The Hall–Kier alpha value is -2.08. The lowest BCUT2D eigenvalue weighted by molar-refractivity contribution is -0.125. The normalized spacial score (nSPS) is 21.1. The standard InChI is InChI=1S/C26H33ClN2O3/c1-20-6-4-5-15-29(20)16-19-32-22-11-9-21(10-12-22)28-25(30)26(13-17-31-18-14-26)23-7-2-3-8-24(23)27/h2-3,7-12,20H,4-6,13-19H2,1H3,(H,28,30)/t20-/m1/s1. The number of carbonyl (C=O) groups excluding carboxylic acids is 1. The highest BCUT2D eigenvalue weighted by molar-refractivity contribution is 6.31. The van der Waals surface area contributed by atoms with Crippen LogP contribution in [0.1, 0.15) is 44.6 Å². The zero-order valence-electron chi connectivity index (χ0n) is 18.8. The van der Waals surface area contributed by atoms with Crippen molar-refractivity contribution in [1.82, 2.24) is 4.90 Å². The minimum atomic E-state index is -0.684. The van der Waals surface area contributed by atoms with Crippen molar-refractivity contribution in [2.75, 3.05) is 38.2 Å². The van der Waals surface area contributed by atoms with Gasteiger partial charge in [-0.15, -0.1) is 0 Å². The van der Waals surface area contributed by atoms with Crippen LogP contribution in [0.3, 0.4) is 0 Å². The van der Waals surface area contributed by atoms with Gasteiger partial charge in [-0.1, -0.05) is 36.2 Å². The summed E-state index contributed by atoms with van der Waals surface area (Å²) in [5.41, 5.74) is 0.941. The number of carbonyl (C=O) groups is 1. The molecule has 0 radical (unpaired) electrons. The molecule has 0 aromatic heterocycles. The quantitative estimate of drug-likeness (QED) is 0.615. The predicted molar refractivity (Wildman–Crippen MR) is 129 cm³/mol. The van der Waals surface area contributed by atoms with Gasteiger partial charge in [-0.25, -0.2) is 0 Å². The van der Waals surface area contributed by atoms with Crippen molar-refractivity contribution in [3.63, 3.8) is 0 Å². The van der Waals surface area contributed by atoms with E-state index in [4.69, 9.17) is 21.1 Å². The van der Waals surface area contributed by atoms with Gasteiger partial charge < -0.3 is 14.8 Å². The molecule has 2 fully saturated rings. The average molecular weight is 457 g/mol. The monoisotopic (exact) mass is 456 g/mol. The first-order chi connectivity index (χ1) is 15.6. The van der Waals surface area contributed by atoms with Crippen LogP contribution in [0.4, 0.5) is 5.69 Å². The molecule has 0 saturated carbocycles. The zero-order chi connectivity index (χ0) is 22.4. The molecule has 1 amide bonds. The molecule has 172 valence electrons. The van der Waals surface area contributed by atoms with Gasteiger partial charge in [0, 0.05) is 36.5 Å². The minimum absolute atomic E-state index is 0.0401. The highest BCUT2D eigenvalue weighted by atomic mass is 35.5. The highest BCUT2D eigenvalue weighted by Gasteiger charge is 2.43. The van der Waals surface area contributed by atoms with Crippen molar-refractivity contribution >= 4 is 23.2 Å². The molecule has 6 heteroatoms. The van der Waals surface area contributed by atoms with Gasteiger partial charge in [-0.05, 0) is 75.0 Å². The zero-order valence-corrected chi connectivity index (χ0v) is 19.6. The van der Waals surface area contributed by atoms with Crippen molar-refractivity contribution in [1.29, 1.82) is 0 Å². The van der Waals surface area contributed by atoms with Crippen molar-refractivity contribution in [2.24, 2.45) is 0 Å². The van der Waals surface area contributed by atoms with Gasteiger partial charge in [0.2, 0.25) is 5.91 Å². The summed E-state index contributed by atoms with van der Waals surface area (Å²) in [6.07, 6.45) is 5.10. The Morgan fingerprint density at radius 3 is 2.62 bits per heavy atom. The summed E-state index contributed by atoms with van der Waals surface area (Å²) in [5.74, 6) is 0.779. The molecule has 4 rings (SSSR count).